The van der Waals surface area contributed by atoms with Gasteiger partial charge < -0.3 is 10.8 Å². The monoisotopic (exact) mass is 227 g/mol. The molecule has 0 saturated heterocycles. The minimum absolute atomic E-state index is 0. The van der Waals surface area contributed by atoms with Crippen LogP contribution in [0.5, 0.6) is 5.75 Å². The average molecular weight is 228 g/mol. The van der Waals surface area contributed by atoms with Gasteiger partial charge in [0, 0.05) is 11.6 Å². The van der Waals surface area contributed by atoms with Crippen molar-refractivity contribution in [2.45, 2.75) is 32.2 Å². The number of phenols is 1. The predicted molar refractivity (Wildman–Crippen MR) is 64.4 cm³/mol. The van der Waals surface area contributed by atoms with E-state index in [1.54, 1.807) is 0 Å². The lowest BCUT2D eigenvalue weighted by molar-refractivity contribution is 0.260. The normalized spacial score (nSPS) is 17.7. The summed E-state index contributed by atoms with van der Waals surface area (Å²) in [5, 5.41) is 9.86. The van der Waals surface area contributed by atoms with Gasteiger partial charge in [0.25, 0.3) is 0 Å². The number of phenolic OH excluding ortho intramolecular Hbond substituents is 1. The van der Waals surface area contributed by atoms with E-state index in [1.807, 2.05) is 25.1 Å². The summed E-state index contributed by atoms with van der Waals surface area (Å²) in [4.78, 5) is 0. The molecule has 0 heterocycles. The number of para-hydroxylation sites is 1. The van der Waals surface area contributed by atoms with Crippen molar-refractivity contribution in [3.63, 3.8) is 0 Å². The molecule has 1 saturated carbocycles. The Bertz CT molecular complexity index is 336. The Balaban J connectivity index is 0.00000112. The summed E-state index contributed by atoms with van der Waals surface area (Å²) in [6.45, 7) is 1.91. The maximum absolute atomic E-state index is 9.86. The number of nitrogens with two attached hydrogens (primary N) is 1. The quantitative estimate of drug-likeness (QED) is 0.816. The summed E-state index contributed by atoms with van der Waals surface area (Å²) in [7, 11) is 0. The smallest absolute Gasteiger partial charge is 0.123 e. The zero-order valence-electron chi connectivity index (χ0n) is 8.94. The molecule has 0 radical (unpaired) electrons. The molecule has 1 aliphatic rings. The van der Waals surface area contributed by atoms with E-state index in [0.717, 1.165) is 11.1 Å². The second-order valence-electron chi connectivity index (χ2n) is 4.23. The van der Waals surface area contributed by atoms with Crippen molar-refractivity contribution in [3.8, 4) is 5.75 Å². The first kappa shape index (κ1) is 12.3. The van der Waals surface area contributed by atoms with Gasteiger partial charge in [-0.25, -0.2) is 0 Å². The lowest BCUT2D eigenvalue weighted by atomic mass is 9.77. The zero-order chi connectivity index (χ0) is 10.1. The van der Waals surface area contributed by atoms with Gasteiger partial charge in [0.05, 0.1) is 0 Å². The van der Waals surface area contributed by atoms with Gasteiger partial charge >= 0.3 is 0 Å². The van der Waals surface area contributed by atoms with Gasteiger partial charge in [0.15, 0.2) is 0 Å². The second kappa shape index (κ2) is 4.86. The lowest BCUT2D eigenvalue weighted by Gasteiger charge is -2.31. The van der Waals surface area contributed by atoms with Crippen LogP contribution < -0.4 is 5.73 Å². The Kier molecular flexibility index (Phi) is 4.00. The Morgan fingerprint density at radius 1 is 1.40 bits per heavy atom. The molecular formula is C12H18ClNO. The fourth-order valence-electron chi connectivity index (χ4n) is 2.00. The molecule has 0 aliphatic heterocycles. The first-order valence-corrected chi connectivity index (χ1v) is 5.24. The van der Waals surface area contributed by atoms with Gasteiger partial charge in [-0.05, 0) is 31.2 Å². The van der Waals surface area contributed by atoms with Gasteiger partial charge in [0.2, 0.25) is 0 Å². The molecule has 0 spiro atoms. The highest BCUT2D eigenvalue weighted by molar-refractivity contribution is 5.85. The number of benzene rings is 1. The van der Waals surface area contributed by atoms with Gasteiger partial charge in [-0.1, -0.05) is 24.6 Å². The molecule has 1 atom stereocenters. The first-order chi connectivity index (χ1) is 6.70. The van der Waals surface area contributed by atoms with Crippen molar-refractivity contribution < 1.29 is 5.11 Å². The third-order valence-corrected chi connectivity index (χ3v) is 3.29. The third kappa shape index (κ3) is 2.27. The van der Waals surface area contributed by atoms with Crippen LogP contribution in [0.15, 0.2) is 18.2 Å². The van der Waals surface area contributed by atoms with E-state index in [2.05, 4.69) is 0 Å². The summed E-state index contributed by atoms with van der Waals surface area (Å²) >= 11 is 0. The van der Waals surface area contributed by atoms with Crippen LogP contribution in [-0.2, 0) is 0 Å². The van der Waals surface area contributed by atoms with Gasteiger partial charge in [-0.3, -0.25) is 0 Å². The minimum atomic E-state index is 0. The first-order valence-electron chi connectivity index (χ1n) is 5.24. The van der Waals surface area contributed by atoms with Crippen molar-refractivity contribution in [3.05, 3.63) is 29.3 Å². The summed E-state index contributed by atoms with van der Waals surface area (Å²) in [6.07, 6.45) is 3.69. The number of hydrogen-bond acceptors (Lipinski definition) is 2. The van der Waals surface area contributed by atoms with Crippen LogP contribution in [0, 0.1) is 12.8 Å². The van der Waals surface area contributed by atoms with Gasteiger partial charge in [-0.2, -0.15) is 0 Å². The largest absolute Gasteiger partial charge is 0.507 e. The van der Waals surface area contributed by atoms with Crippen LogP contribution in [0.2, 0.25) is 0 Å². The molecule has 1 aromatic rings. The van der Waals surface area contributed by atoms with Crippen molar-refractivity contribution in [2.75, 3.05) is 0 Å². The van der Waals surface area contributed by atoms with Crippen LogP contribution in [0.4, 0.5) is 0 Å². The van der Waals surface area contributed by atoms with E-state index in [9.17, 15) is 5.11 Å². The molecule has 84 valence electrons. The Hall–Kier alpha value is -0.730. The molecule has 3 N–H and O–H groups in total. The average Bonchev–Trinajstić information content (AvgIpc) is 2.06. The molecule has 0 unspecified atom stereocenters. The topological polar surface area (TPSA) is 46.2 Å². The van der Waals surface area contributed by atoms with E-state index in [1.165, 1.54) is 19.3 Å². The zero-order valence-corrected chi connectivity index (χ0v) is 9.76. The maximum atomic E-state index is 9.86. The van der Waals surface area contributed by atoms with Crippen molar-refractivity contribution in [1.82, 2.24) is 0 Å². The number of hydrogen-bond donors (Lipinski definition) is 2. The summed E-state index contributed by atoms with van der Waals surface area (Å²) in [5.41, 5.74) is 7.94. The summed E-state index contributed by atoms with van der Waals surface area (Å²) in [5.74, 6) is 0.953. The number of rotatable bonds is 2. The van der Waals surface area contributed by atoms with Crippen LogP contribution in [0.3, 0.4) is 0 Å². The molecular weight excluding hydrogens is 210 g/mol. The molecule has 2 rings (SSSR count). The molecule has 2 nitrogen and oxygen atoms in total. The van der Waals surface area contributed by atoms with Crippen LogP contribution in [-0.4, -0.2) is 5.11 Å². The Labute approximate surface area is 96.9 Å². The van der Waals surface area contributed by atoms with Crippen molar-refractivity contribution in [2.24, 2.45) is 11.7 Å². The molecule has 0 bridgehead atoms. The SMILES string of the molecule is Cc1cccc([C@@H](N)C2CCC2)c1O.Cl. The highest BCUT2D eigenvalue weighted by Gasteiger charge is 2.27. The van der Waals surface area contributed by atoms with Crippen LogP contribution in [0.25, 0.3) is 0 Å². The standard InChI is InChI=1S/C12H17NO.ClH/c1-8-4-2-7-10(12(8)14)11(13)9-5-3-6-9;/h2,4,7,9,11,14H,3,5-6,13H2,1H3;1H/t11-;/m0./s1. The molecule has 0 amide bonds. The lowest BCUT2D eigenvalue weighted by Crippen LogP contribution is -2.26. The Morgan fingerprint density at radius 2 is 2.07 bits per heavy atom. The number of aromatic hydroxyl groups is 1. The second-order valence-corrected chi connectivity index (χ2v) is 4.23. The van der Waals surface area contributed by atoms with Crippen molar-refractivity contribution in [1.29, 1.82) is 0 Å². The molecule has 0 aromatic heterocycles. The van der Waals surface area contributed by atoms with Gasteiger partial charge in [0.1, 0.15) is 5.75 Å². The molecule has 15 heavy (non-hydrogen) atoms. The van der Waals surface area contributed by atoms with E-state index < -0.39 is 0 Å². The fraction of sp³-hybridized carbons (Fsp3) is 0.500. The van der Waals surface area contributed by atoms with Crippen molar-refractivity contribution >= 4 is 12.4 Å². The molecule has 1 fully saturated rings. The maximum Gasteiger partial charge on any atom is 0.123 e. The highest BCUT2D eigenvalue weighted by atomic mass is 35.5. The number of aryl methyl sites for hydroxylation is 1. The number of halogens is 1. The molecule has 3 heteroatoms. The highest BCUT2D eigenvalue weighted by Crippen LogP contribution is 2.39. The van der Waals surface area contributed by atoms with E-state index in [0.29, 0.717) is 11.7 Å². The van der Waals surface area contributed by atoms with Gasteiger partial charge in [-0.15, -0.1) is 12.4 Å². The molecule has 1 aliphatic carbocycles. The summed E-state index contributed by atoms with van der Waals surface area (Å²) in [6, 6.07) is 5.82. The Morgan fingerprint density at radius 3 is 2.60 bits per heavy atom. The van der Waals surface area contributed by atoms with Crippen LogP contribution in [0.1, 0.15) is 36.4 Å². The van der Waals surface area contributed by atoms with Crippen LogP contribution >= 0.6 is 12.4 Å². The predicted octanol–water partition coefficient (Wildman–Crippen LogP) is 2.92. The molecule has 1 aromatic carbocycles. The fourth-order valence-corrected chi connectivity index (χ4v) is 2.00. The van der Waals surface area contributed by atoms with E-state index >= 15 is 0 Å². The van der Waals surface area contributed by atoms with E-state index in [4.69, 9.17) is 5.73 Å². The summed E-state index contributed by atoms with van der Waals surface area (Å²) < 4.78 is 0. The third-order valence-electron chi connectivity index (χ3n) is 3.29. The van der Waals surface area contributed by atoms with E-state index in [-0.39, 0.29) is 18.4 Å². The minimum Gasteiger partial charge on any atom is -0.507 e.